The van der Waals surface area contributed by atoms with E-state index >= 15 is 0 Å². The molecule has 0 saturated heterocycles. The quantitative estimate of drug-likeness (QED) is 0.481. The maximum Gasteiger partial charge on any atom is 0.323 e. The Balaban J connectivity index is 4.73. The smallest absolute Gasteiger partial charge is 0.323 e. The van der Waals surface area contributed by atoms with Crippen LogP contribution in [-0.2, 0) is 4.79 Å². The molecule has 0 aliphatic rings. The topological polar surface area (TPSA) is 52.9 Å². The molecule has 0 aromatic carbocycles. The Morgan fingerprint density at radius 1 is 1.73 bits per heavy atom. The number of carboxylic acids is 1. The zero-order chi connectivity index (χ0) is 11.8. The van der Waals surface area contributed by atoms with Gasteiger partial charge in [-0.25, -0.2) is 0 Å². The second-order valence-electron chi connectivity index (χ2n) is 2.75. The number of nitrogens with zero attached hydrogens (tertiary/aromatic N) is 2. The summed E-state index contributed by atoms with van der Waals surface area (Å²) in [5, 5.41) is 8.69. The molecule has 1 N–H and O–H groups in total. The van der Waals surface area contributed by atoms with Gasteiger partial charge in [-0.3, -0.25) is 9.79 Å². The van der Waals surface area contributed by atoms with Crippen molar-refractivity contribution in [2.24, 2.45) is 4.99 Å². The highest BCUT2D eigenvalue weighted by atomic mass is 79.9. The number of carbonyl (C=O) groups is 1. The summed E-state index contributed by atoms with van der Waals surface area (Å²) < 4.78 is 0.745. The van der Waals surface area contributed by atoms with E-state index in [1.54, 1.807) is 20.2 Å². The molecule has 0 atom stereocenters. The van der Waals surface area contributed by atoms with Gasteiger partial charge in [-0.05, 0) is 6.92 Å². The Bertz CT molecular complexity index is 329. The summed E-state index contributed by atoms with van der Waals surface area (Å²) in [5.41, 5.74) is 0. The van der Waals surface area contributed by atoms with Crippen LogP contribution in [0.5, 0.6) is 0 Å². The fraction of sp³-hybridized carbons (Fsp3) is 0.400. The molecule has 0 rings (SSSR count). The van der Waals surface area contributed by atoms with Gasteiger partial charge in [0.15, 0.2) is 0 Å². The number of aliphatic imine (C=N–C) groups is 1. The van der Waals surface area contributed by atoms with E-state index in [4.69, 9.17) is 11.5 Å². The second kappa shape index (κ2) is 7.07. The van der Waals surface area contributed by atoms with Gasteiger partial charge in [-0.1, -0.05) is 15.9 Å². The van der Waals surface area contributed by atoms with Crippen molar-refractivity contribution in [2.75, 3.05) is 13.6 Å². The van der Waals surface area contributed by atoms with E-state index in [0.717, 1.165) is 4.48 Å². The van der Waals surface area contributed by atoms with Crippen LogP contribution in [0.4, 0.5) is 0 Å². The first-order valence-corrected chi connectivity index (χ1v) is 5.02. The van der Waals surface area contributed by atoms with E-state index in [1.807, 2.05) is 0 Å². The van der Waals surface area contributed by atoms with Crippen LogP contribution in [0, 0.1) is 12.3 Å². The van der Waals surface area contributed by atoms with Gasteiger partial charge < -0.3 is 10.0 Å². The van der Waals surface area contributed by atoms with Gasteiger partial charge in [-0.15, -0.1) is 12.3 Å². The van der Waals surface area contributed by atoms with E-state index < -0.39 is 5.97 Å². The van der Waals surface area contributed by atoms with Crippen molar-refractivity contribution < 1.29 is 9.90 Å². The van der Waals surface area contributed by atoms with Crippen molar-refractivity contribution in [3.8, 4) is 12.3 Å². The molecule has 0 fully saturated rings. The lowest BCUT2D eigenvalue weighted by molar-refractivity contribution is -0.136. The molecule has 0 radical (unpaired) electrons. The van der Waals surface area contributed by atoms with Gasteiger partial charge in [0.2, 0.25) is 0 Å². The van der Waals surface area contributed by atoms with Crippen molar-refractivity contribution in [2.45, 2.75) is 13.3 Å². The van der Waals surface area contributed by atoms with Gasteiger partial charge in [0, 0.05) is 24.2 Å². The third kappa shape index (κ3) is 5.92. The Kier molecular flexibility index (Phi) is 6.47. The van der Waals surface area contributed by atoms with Crippen molar-refractivity contribution in [3.63, 3.8) is 0 Å². The van der Waals surface area contributed by atoms with Crippen LogP contribution in [-0.4, -0.2) is 35.4 Å². The summed E-state index contributed by atoms with van der Waals surface area (Å²) in [5.74, 6) is 2.15. The molecule has 0 aromatic heterocycles. The number of carboxylic acid groups (broad SMARTS) is 1. The largest absolute Gasteiger partial charge is 0.480 e. The van der Waals surface area contributed by atoms with Crippen molar-refractivity contribution in [3.05, 3.63) is 10.7 Å². The Morgan fingerprint density at radius 2 is 2.33 bits per heavy atom. The van der Waals surface area contributed by atoms with Gasteiger partial charge in [0.05, 0.1) is 5.84 Å². The molecule has 0 spiro atoms. The highest BCUT2D eigenvalue weighted by Crippen LogP contribution is 2.11. The van der Waals surface area contributed by atoms with E-state index in [1.165, 1.54) is 4.90 Å². The molecule has 0 bridgehead atoms. The average Bonchev–Trinajstić information content (AvgIpc) is 2.15. The molecule has 5 heteroatoms. The molecule has 0 aromatic rings. The lowest BCUT2D eigenvalue weighted by atomic mass is 10.4. The summed E-state index contributed by atoms with van der Waals surface area (Å²) in [6, 6.07) is 0. The molecule has 0 amide bonds. The van der Waals surface area contributed by atoms with Crippen LogP contribution in [0.15, 0.2) is 15.7 Å². The number of rotatable bonds is 4. The fourth-order valence-electron chi connectivity index (χ4n) is 0.840. The summed E-state index contributed by atoms with van der Waals surface area (Å²) >= 11 is 3.26. The minimum absolute atomic E-state index is 0.136. The maximum absolute atomic E-state index is 10.6. The predicted molar refractivity (Wildman–Crippen MR) is 63.8 cm³/mol. The minimum atomic E-state index is -0.921. The fourth-order valence-corrected chi connectivity index (χ4v) is 1.25. The SMILES string of the molecule is C#CC/C(Br)=C\N(CC(=O)O)C(C)=NC. The minimum Gasteiger partial charge on any atom is -0.480 e. The van der Waals surface area contributed by atoms with Gasteiger partial charge in [-0.2, -0.15) is 0 Å². The van der Waals surface area contributed by atoms with E-state index in [2.05, 4.69) is 26.8 Å². The number of hydrogen-bond donors (Lipinski definition) is 1. The third-order valence-corrected chi connectivity index (χ3v) is 2.10. The molecule has 0 saturated carbocycles. The highest BCUT2D eigenvalue weighted by Gasteiger charge is 2.08. The number of aliphatic carboxylic acids is 1. The van der Waals surface area contributed by atoms with Crippen LogP contribution in [0.3, 0.4) is 0 Å². The van der Waals surface area contributed by atoms with Gasteiger partial charge in [0.1, 0.15) is 6.54 Å². The van der Waals surface area contributed by atoms with E-state index in [9.17, 15) is 4.79 Å². The van der Waals surface area contributed by atoms with E-state index in [-0.39, 0.29) is 6.54 Å². The third-order valence-electron chi connectivity index (χ3n) is 1.61. The summed E-state index contributed by atoms with van der Waals surface area (Å²) in [4.78, 5) is 16.0. The first-order chi connectivity index (χ1) is 7.01. The van der Waals surface area contributed by atoms with Crippen LogP contribution in [0.25, 0.3) is 0 Å². The molecule has 82 valence electrons. The van der Waals surface area contributed by atoms with Crippen LogP contribution in [0.1, 0.15) is 13.3 Å². The molecule has 0 unspecified atom stereocenters. The molecule has 15 heavy (non-hydrogen) atoms. The lowest BCUT2D eigenvalue weighted by Crippen LogP contribution is -2.29. The standard InChI is InChI=1S/C10H13BrN2O2/c1-4-5-9(11)6-13(7-10(14)15)8(2)12-3/h1,6H,5,7H2,2-3H3,(H,14,15)/b9-6+,12-8?. The van der Waals surface area contributed by atoms with Gasteiger partial charge in [0.25, 0.3) is 0 Å². The molecular formula is C10H13BrN2O2. The van der Waals surface area contributed by atoms with E-state index in [0.29, 0.717) is 12.3 Å². The Hall–Kier alpha value is -1.28. The zero-order valence-electron chi connectivity index (χ0n) is 8.70. The number of amidine groups is 1. The van der Waals surface area contributed by atoms with Crippen molar-refractivity contribution in [1.82, 2.24) is 4.90 Å². The summed E-state index contributed by atoms with van der Waals surface area (Å²) in [6.07, 6.45) is 7.19. The molecule has 4 nitrogen and oxygen atoms in total. The van der Waals surface area contributed by atoms with Gasteiger partial charge >= 0.3 is 5.97 Å². The summed E-state index contributed by atoms with van der Waals surface area (Å²) in [6.45, 7) is 1.60. The van der Waals surface area contributed by atoms with Crippen LogP contribution in [0.2, 0.25) is 0 Å². The predicted octanol–water partition coefficient (Wildman–Crippen LogP) is 1.68. The average molecular weight is 273 g/mol. The highest BCUT2D eigenvalue weighted by molar-refractivity contribution is 9.11. The van der Waals surface area contributed by atoms with Crippen LogP contribution >= 0.6 is 15.9 Å². The monoisotopic (exact) mass is 272 g/mol. The number of allylic oxidation sites excluding steroid dienone is 1. The molecule has 0 aliphatic heterocycles. The summed E-state index contributed by atoms with van der Waals surface area (Å²) in [7, 11) is 1.60. The first-order valence-electron chi connectivity index (χ1n) is 4.22. The van der Waals surface area contributed by atoms with Crippen LogP contribution < -0.4 is 0 Å². The van der Waals surface area contributed by atoms with Crippen molar-refractivity contribution >= 4 is 27.7 Å². The normalized spacial score (nSPS) is 12.1. The maximum atomic E-state index is 10.6. The Labute approximate surface area is 97.8 Å². The Morgan fingerprint density at radius 3 is 2.73 bits per heavy atom. The first kappa shape index (κ1) is 13.7. The van der Waals surface area contributed by atoms with Crippen molar-refractivity contribution in [1.29, 1.82) is 0 Å². The lowest BCUT2D eigenvalue weighted by Gasteiger charge is -2.17. The molecular weight excluding hydrogens is 260 g/mol. The zero-order valence-corrected chi connectivity index (χ0v) is 10.3. The second-order valence-corrected chi connectivity index (χ2v) is 3.77. The number of terminal acetylenes is 1. The number of hydrogen-bond acceptors (Lipinski definition) is 2. The molecule has 0 aliphatic carbocycles. The molecule has 0 heterocycles. The number of halogens is 1.